The molecule has 1 unspecified atom stereocenters. The Hall–Kier alpha value is -1.87. The van der Waals surface area contributed by atoms with E-state index in [-0.39, 0.29) is 0 Å². The molecule has 1 aromatic rings. The fraction of sp³-hybridized carbons (Fsp3) is 0.333. The van der Waals surface area contributed by atoms with Crippen LogP contribution in [0, 0.1) is 18.3 Å². The number of sulfone groups is 1. The Morgan fingerprint density at radius 2 is 2.06 bits per heavy atom. The summed E-state index contributed by atoms with van der Waals surface area (Å²) in [5.74, 6) is -0.601. The molecule has 96 valence electrons. The highest BCUT2D eigenvalue weighted by molar-refractivity contribution is 7.92. The number of amides is 1. The average molecular weight is 266 g/mol. The van der Waals surface area contributed by atoms with Crippen molar-refractivity contribution in [3.05, 3.63) is 29.3 Å². The number of hydrogen-bond donors (Lipinski definition) is 1. The highest BCUT2D eigenvalue weighted by Crippen LogP contribution is 2.17. The Morgan fingerprint density at radius 1 is 1.44 bits per heavy atom. The predicted molar refractivity (Wildman–Crippen MR) is 68.8 cm³/mol. The van der Waals surface area contributed by atoms with E-state index in [9.17, 15) is 13.2 Å². The zero-order valence-corrected chi connectivity index (χ0v) is 11.2. The predicted octanol–water partition coefficient (Wildman–Crippen LogP) is 1.24. The van der Waals surface area contributed by atoms with Gasteiger partial charge in [-0.3, -0.25) is 4.79 Å². The second-order valence-corrected chi connectivity index (χ2v) is 6.47. The molecule has 6 heteroatoms. The van der Waals surface area contributed by atoms with Gasteiger partial charge in [0.25, 0.3) is 0 Å². The van der Waals surface area contributed by atoms with E-state index < -0.39 is 21.0 Å². The minimum absolute atomic E-state index is 0.405. The number of nitrogens with one attached hydrogen (secondary N) is 1. The monoisotopic (exact) mass is 266 g/mol. The lowest BCUT2D eigenvalue weighted by Crippen LogP contribution is -2.32. The van der Waals surface area contributed by atoms with Gasteiger partial charge in [-0.15, -0.1) is 0 Å². The van der Waals surface area contributed by atoms with Gasteiger partial charge < -0.3 is 5.32 Å². The maximum absolute atomic E-state index is 11.7. The lowest BCUT2D eigenvalue weighted by molar-refractivity contribution is -0.115. The number of nitrogens with zero attached hydrogens (tertiary/aromatic N) is 1. The van der Waals surface area contributed by atoms with E-state index >= 15 is 0 Å². The summed E-state index contributed by atoms with van der Waals surface area (Å²) in [6.45, 7) is 3.09. The van der Waals surface area contributed by atoms with Crippen LogP contribution in [0.25, 0.3) is 0 Å². The second-order valence-electron chi connectivity index (χ2n) is 4.10. The molecule has 1 atom stereocenters. The minimum Gasteiger partial charge on any atom is -0.325 e. The quantitative estimate of drug-likeness (QED) is 0.891. The maximum Gasteiger partial charge on any atom is 0.242 e. The van der Waals surface area contributed by atoms with Crippen molar-refractivity contribution in [3.63, 3.8) is 0 Å². The number of aryl methyl sites for hydroxylation is 1. The summed E-state index contributed by atoms with van der Waals surface area (Å²) in [5, 5.41) is 10.2. The van der Waals surface area contributed by atoms with Gasteiger partial charge in [0.1, 0.15) is 5.25 Å². The Balaban J connectivity index is 2.99. The molecule has 0 radical (unpaired) electrons. The summed E-state index contributed by atoms with van der Waals surface area (Å²) in [6, 6.07) is 6.80. The third kappa shape index (κ3) is 3.31. The summed E-state index contributed by atoms with van der Waals surface area (Å²) in [4.78, 5) is 11.7. The number of carbonyl (C=O) groups excluding carboxylic acids is 1. The molecule has 0 aliphatic carbocycles. The first-order valence-electron chi connectivity index (χ1n) is 5.26. The van der Waals surface area contributed by atoms with Crippen molar-refractivity contribution in [2.75, 3.05) is 11.6 Å². The first kappa shape index (κ1) is 14.2. The third-order valence-corrected chi connectivity index (χ3v) is 4.13. The summed E-state index contributed by atoms with van der Waals surface area (Å²) in [6.07, 6.45) is 1.01. The zero-order valence-electron chi connectivity index (χ0n) is 10.4. The van der Waals surface area contributed by atoms with Gasteiger partial charge in [0.05, 0.1) is 11.6 Å². The van der Waals surface area contributed by atoms with Crippen LogP contribution in [0.5, 0.6) is 0 Å². The highest BCUT2D eigenvalue weighted by atomic mass is 32.2. The molecule has 1 N–H and O–H groups in total. The van der Waals surface area contributed by atoms with Gasteiger partial charge in [-0.2, -0.15) is 5.26 Å². The largest absolute Gasteiger partial charge is 0.325 e. The molecule has 1 rings (SSSR count). The van der Waals surface area contributed by atoms with Gasteiger partial charge in [0.15, 0.2) is 9.84 Å². The number of hydrogen-bond acceptors (Lipinski definition) is 4. The molecule has 0 spiro atoms. The van der Waals surface area contributed by atoms with Crippen LogP contribution in [0.3, 0.4) is 0 Å². The van der Waals surface area contributed by atoms with Crippen LogP contribution in [0.1, 0.15) is 18.1 Å². The normalized spacial score (nSPS) is 12.6. The average Bonchev–Trinajstić information content (AvgIpc) is 2.29. The molecule has 0 aliphatic rings. The number of anilines is 1. The fourth-order valence-electron chi connectivity index (χ4n) is 1.26. The van der Waals surface area contributed by atoms with Crippen molar-refractivity contribution in [2.45, 2.75) is 19.1 Å². The Morgan fingerprint density at radius 3 is 2.56 bits per heavy atom. The van der Waals surface area contributed by atoms with E-state index in [0.717, 1.165) is 11.8 Å². The number of benzene rings is 1. The van der Waals surface area contributed by atoms with Crippen LogP contribution in [-0.2, 0) is 14.6 Å². The number of rotatable bonds is 3. The molecule has 0 fully saturated rings. The molecule has 18 heavy (non-hydrogen) atoms. The summed E-state index contributed by atoms with van der Waals surface area (Å²) in [5.41, 5.74) is 1.63. The van der Waals surface area contributed by atoms with Crippen molar-refractivity contribution < 1.29 is 13.2 Å². The molecule has 0 saturated carbocycles. The van der Waals surface area contributed by atoms with Crippen LogP contribution in [0.2, 0.25) is 0 Å². The van der Waals surface area contributed by atoms with Crippen LogP contribution < -0.4 is 5.32 Å². The minimum atomic E-state index is -3.43. The van der Waals surface area contributed by atoms with Gasteiger partial charge in [0, 0.05) is 11.9 Å². The molecule has 1 aromatic carbocycles. The van der Waals surface area contributed by atoms with Crippen molar-refractivity contribution in [1.29, 1.82) is 5.26 Å². The van der Waals surface area contributed by atoms with Crippen molar-refractivity contribution in [3.8, 4) is 6.07 Å². The Labute approximate surface area is 106 Å². The van der Waals surface area contributed by atoms with Gasteiger partial charge in [-0.1, -0.05) is 6.07 Å². The fourth-order valence-corrected chi connectivity index (χ4v) is 1.70. The van der Waals surface area contributed by atoms with Crippen molar-refractivity contribution in [1.82, 2.24) is 0 Å². The van der Waals surface area contributed by atoms with E-state index in [1.807, 2.05) is 6.07 Å². The summed E-state index contributed by atoms with van der Waals surface area (Å²) in [7, 11) is -3.43. The van der Waals surface area contributed by atoms with Gasteiger partial charge in [0.2, 0.25) is 5.91 Å². The van der Waals surface area contributed by atoms with Gasteiger partial charge >= 0.3 is 0 Å². The standard InChI is InChI=1S/C12H14N2O3S/c1-8-4-5-10(7-13)6-11(8)14-12(15)9(2)18(3,16)17/h4-6,9H,1-3H3,(H,14,15). The SMILES string of the molecule is Cc1ccc(C#N)cc1NC(=O)C(C)S(C)(=O)=O. The molecule has 0 heterocycles. The van der Waals surface area contributed by atoms with Gasteiger partial charge in [-0.05, 0) is 31.5 Å². The van der Waals surface area contributed by atoms with Crippen molar-refractivity contribution in [2.24, 2.45) is 0 Å². The van der Waals surface area contributed by atoms with Crippen molar-refractivity contribution >= 4 is 21.4 Å². The first-order chi connectivity index (χ1) is 8.25. The molecule has 0 aromatic heterocycles. The van der Waals surface area contributed by atoms with Crippen LogP contribution in [0.4, 0.5) is 5.69 Å². The molecule has 0 aliphatic heterocycles. The topological polar surface area (TPSA) is 87.0 Å². The van der Waals surface area contributed by atoms with Crippen LogP contribution >= 0.6 is 0 Å². The number of carbonyl (C=O) groups is 1. The maximum atomic E-state index is 11.7. The summed E-state index contributed by atoms with van der Waals surface area (Å²) < 4.78 is 22.5. The molecule has 1 amide bonds. The van der Waals surface area contributed by atoms with E-state index in [1.54, 1.807) is 19.1 Å². The summed E-state index contributed by atoms with van der Waals surface area (Å²) >= 11 is 0. The molecular formula is C12H14N2O3S. The third-order valence-electron chi connectivity index (χ3n) is 2.64. The molecule has 0 bridgehead atoms. The lowest BCUT2D eigenvalue weighted by Gasteiger charge is -2.12. The number of nitriles is 1. The van der Waals surface area contributed by atoms with Gasteiger partial charge in [-0.25, -0.2) is 8.42 Å². The first-order valence-corrected chi connectivity index (χ1v) is 7.21. The highest BCUT2D eigenvalue weighted by Gasteiger charge is 2.23. The van der Waals surface area contributed by atoms with E-state index in [4.69, 9.17) is 5.26 Å². The van der Waals surface area contributed by atoms with E-state index in [0.29, 0.717) is 11.3 Å². The van der Waals surface area contributed by atoms with E-state index in [2.05, 4.69) is 5.32 Å². The van der Waals surface area contributed by atoms with E-state index in [1.165, 1.54) is 13.0 Å². The Bertz CT molecular complexity index is 615. The second kappa shape index (κ2) is 5.19. The van der Waals surface area contributed by atoms with Crippen LogP contribution in [-0.4, -0.2) is 25.8 Å². The Kier molecular flexibility index (Phi) is 4.09. The molecule has 0 saturated heterocycles. The van der Waals surface area contributed by atoms with Crippen LogP contribution in [0.15, 0.2) is 18.2 Å². The molecule has 5 nitrogen and oxygen atoms in total. The zero-order chi connectivity index (χ0) is 13.9. The molecular weight excluding hydrogens is 252 g/mol. The smallest absolute Gasteiger partial charge is 0.242 e. The lowest BCUT2D eigenvalue weighted by atomic mass is 10.1.